The van der Waals surface area contributed by atoms with Gasteiger partial charge in [-0.05, 0) is 12.1 Å². The summed E-state index contributed by atoms with van der Waals surface area (Å²) in [7, 11) is 1.49. The van der Waals surface area contributed by atoms with Crippen molar-refractivity contribution in [1.82, 2.24) is 0 Å². The van der Waals surface area contributed by atoms with Crippen LogP contribution in [0.5, 0.6) is 5.75 Å². The lowest BCUT2D eigenvalue weighted by molar-refractivity contribution is 0.374. The number of hydrogen-bond acceptors (Lipinski definition) is 4. The maximum atomic E-state index is 8.59. The minimum absolute atomic E-state index is 0.454. The first kappa shape index (κ1) is 11.6. The van der Waals surface area contributed by atoms with Crippen LogP contribution >= 0.6 is 0 Å². The molecule has 0 aromatic heterocycles. The summed E-state index contributed by atoms with van der Waals surface area (Å²) in [5.74, 6) is 0.454. The molecule has 0 spiro atoms. The summed E-state index contributed by atoms with van der Waals surface area (Å²) in [6, 6.07) is 5.07. The van der Waals surface area contributed by atoms with E-state index in [1.165, 1.54) is 7.11 Å². The number of ether oxygens (including phenoxy) is 1. The summed E-state index contributed by atoms with van der Waals surface area (Å²) < 4.78 is 4.92. The van der Waals surface area contributed by atoms with E-state index in [0.717, 1.165) is 0 Å². The van der Waals surface area contributed by atoms with E-state index < -0.39 is 0 Å². The predicted molar refractivity (Wildman–Crippen MR) is 54.2 cm³/mol. The first-order valence-corrected chi connectivity index (χ1v) is 4.12. The maximum absolute atomic E-state index is 8.59. The van der Waals surface area contributed by atoms with E-state index in [1.807, 2.05) is 19.3 Å². The minimum atomic E-state index is 0.454. The molecule has 0 atom stereocenters. The maximum Gasteiger partial charge on any atom is 0.167 e. The SMILES string of the molecule is CC.COc1c(N)cccc1NO. The van der Waals surface area contributed by atoms with Gasteiger partial charge in [-0.15, -0.1) is 0 Å². The van der Waals surface area contributed by atoms with Gasteiger partial charge in [0.15, 0.2) is 5.75 Å². The highest BCUT2D eigenvalue weighted by Gasteiger charge is 2.03. The van der Waals surface area contributed by atoms with Crippen LogP contribution in [0, 0.1) is 0 Å². The Morgan fingerprint density at radius 3 is 2.38 bits per heavy atom. The Hall–Kier alpha value is -1.42. The first-order valence-electron chi connectivity index (χ1n) is 4.12. The topological polar surface area (TPSA) is 67.5 Å². The van der Waals surface area contributed by atoms with Crippen molar-refractivity contribution in [3.63, 3.8) is 0 Å². The molecule has 0 aliphatic heterocycles. The molecule has 0 amide bonds. The van der Waals surface area contributed by atoms with Crippen LogP contribution in [0.2, 0.25) is 0 Å². The molecule has 0 radical (unpaired) electrons. The fraction of sp³-hybridized carbons (Fsp3) is 0.333. The number of anilines is 2. The lowest BCUT2D eigenvalue weighted by Crippen LogP contribution is -1.97. The normalized spacial score (nSPS) is 8.31. The van der Waals surface area contributed by atoms with Crippen molar-refractivity contribution in [3.05, 3.63) is 18.2 Å². The highest BCUT2D eigenvalue weighted by Crippen LogP contribution is 2.29. The molecular formula is C9H16N2O2. The Labute approximate surface area is 78.3 Å². The third-order valence-corrected chi connectivity index (χ3v) is 1.37. The number of para-hydroxylation sites is 1. The van der Waals surface area contributed by atoms with Crippen molar-refractivity contribution in [2.45, 2.75) is 13.8 Å². The van der Waals surface area contributed by atoms with E-state index in [4.69, 9.17) is 15.7 Å². The van der Waals surface area contributed by atoms with E-state index in [-0.39, 0.29) is 0 Å². The van der Waals surface area contributed by atoms with E-state index in [1.54, 1.807) is 18.2 Å². The molecule has 0 fully saturated rings. The second-order valence-corrected chi connectivity index (χ2v) is 2.04. The predicted octanol–water partition coefficient (Wildman–Crippen LogP) is 2.10. The Bertz CT molecular complexity index is 251. The molecule has 0 unspecified atom stereocenters. The molecule has 0 bridgehead atoms. The van der Waals surface area contributed by atoms with Gasteiger partial charge in [0.05, 0.1) is 12.8 Å². The Balaban J connectivity index is 0.000000671. The zero-order valence-corrected chi connectivity index (χ0v) is 8.16. The van der Waals surface area contributed by atoms with Gasteiger partial charge in [-0.25, -0.2) is 0 Å². The zero-order valence-electron chi connectivity index (χ0n) is 8.16. The molecule has 4 N–H and O–H groups in total. The van der Waals surface area contributed by atoms with Crippen LogP contribution in [0.4, 0.5) is 11.4 Å². The van der Waals surface area contributed by atoms with Crippen molar-refractivity contribution in [2.24, 2.45) is 0 Å². The van der Waals surface area contributed by atoms with Crippen molar-refractivity contribution in [2.75, 3.05) is 18.3 Å². The molecule has 1 aromatic carbocycles. The fourth-order valence-corrected chi connectivity index (χ4v) is 0.871. The van der Waals surface area contributed by atoms with Gasteiger partial charge >= 0.3 is 0 Å². The van der Waals surface area contributed by atoms with Crippen molar-refractivity contribution in [3.8, 4) is 5.75 Å². The van der Waals surface area contributed by atoms with E-state index >= 15 is 0 Å². The minimum Gasteiger partial charge on any atom is -0.492 e. The van der Waals surface area contributed by atoms with Gasteiger partial charge < -0.3 is 10.5 Å². The lowest BCUT2D eigenvalue weighted by Gasteiger charge is -2.08. The molecule has 74 valence electrons. The van der Waals surface area contributed by atoms with Crippen LogP contribution in [0.25, 0.3) is 0 Å². The summed E-state index contributed by atoms with van der Waals surface area (Å²) >= 11 is 0. The average molecular weight is 184 g/mol. The third kappa shape index (κ3) is 2.83. The first-order chi connectivity index (χ1) is 6.29. The van der Waals surface area contributed by atoms with Gasteiger partial charge in [0.1, 0.15) is 5.69 Å². The molecule has 13 heavy (non-hydrogen) atoms. The molecular weight excluding hydrogens is 168 g/mol. The van der Waals surface area contributed by atoms with Gasteiger partial charge in [-0.3, -0.25) is 10.7 Å². The second-order valence-electron chi connectivity index (χ2n) is 2.04. The number of benzene rings is 1. The Morgan fingerprint density at radius 2 is 2.00 bits per heavy atom. The highest BCUT2D eigenvalue weighted by molar-refractivity contribution is 5.68. The summed E-state index contributed by atoms with van der Waals surface area (Å²) in [5, 5.41) is 8.59. The summed E-state index contributed by atoms with van der Waals surface area (Å²) in [6.45, 7) is 4.00. The quantitative estimate of drug-likeness (QED) is 0.486. The number of methoxy groups -OCH3 is 1. The van der Waals surface area contributed by atoms with Gasteiger partial charge in [-0.1, -0.05) is 19.9 Å². The van der Waals surface area contributed by atoms with E-state index in [9.17, 15) is 0 Å². The van der Waals surface area contributed by atoms with Gasteiger partial charge in [-0.2, -0.15) is 0 Å². The molecule has 4 nitrogen and oxygen atoms in total. The van der Waals surface area contributed by atoms with Crippen LogP contribution in [0.1, 0.15) is 13.8 Å². The second kappa shape index (κ2) is 6.14. The Morgan fingerprint density at radius 1 is 1.38 bits per heavy atom. The summed E-state index contributed by atoms with van der Waals surface area (Å²) in [4.78, 5) is 0. The van der Waals surface area contributed by atoms with Gasteiger partial charge in [0.2, 0.25) is 0 Å². The van der Waals surface area contributed by atoms with Crippen LogP contribution in [-0.2, 0) is 0 Å². The lowest BCUT2D eigenvalue weighted by atomic mass is 10.2. The highest BCUT2D eigenvalue weighted by atomic mass is 16.5. The third-order valence-electron chi connectivity index (χ3n) is 1.37. The zero-order chi connectivity index (χ0) is 10.3. The molecule has 0 aliphatic carbocycles. The van der Waals surface area contributed by atoms with Crippen molar-refractivity contribution >= 4 is 11.4 Å². The molecule has 0 aliphatic rings. The van der Waals surface area contributed by atoms with Crippen LogP contribution < -0.4 is 16.0 Å². The molecule has 4 heteroatoms. The van der Waals surface area contributed by atoms with Crippen molar-refractivity contribution < 1.29 is 9.94 Å². The number of nitrogens with one attached hydrogen (secondary N) is 1. The van der Waals surface area contributed by atoms with Crippen LogP contribution in [0.15, 0.2) is 18.2 Å². The number of rotatable bonds is 2. The van der Waals surface area contributed by atoms with Gasteiger partial charge in [0, 0.05) is 0 Å². The van der Waals surface area contributed by atoms with Crippen LogP contribution in [-0.4, -0.2) is 12.3 Å². The molecule has 1 aromatic rings. The molecule has 0 saturated heterocycles. The van der Waals surface area contributed by atoms with Crippen LogP contribution in [0.3, 0.4) is 0 Å². The van der Waals surface area contributed by atoms with E-state index in [0.29, 0.717) is 17.1 Å². The standard InChI is InChI=1S/C7H10N2O2.C2H6/c1-11-7-5(8)3-2-4-6(7)9-10;1-2/h2-4,9-10H,8H2,1H3;1-2H3. The summed E-state index contributed by atoms with van der Waals surface area (Å²) in [6.07, 6.45) is 0. The van der Waals surface area contributed by atoms with E-state index in [2.05, 4.69) is 0 Å². The Kier molecular flexibility index (Phi) is 5.47. The van der Waals surface area contributed by atoms with Crippen molar-refractivity contribution in [1.29, 1.82) is 0 Å². The van der Waals surface area contributed by atoms with Gasteiger partial charge in [0.25, 0.3) is 0 Å². The smallest absolute Gasteiger partial charge is 0.167 e. The number of hydrogen-bond donors (Lipinski definition) is 3. The molecule has 1 rings (SSSR count). The fourth-order valence-electron chi connectivity index (χ4n) is 0.871. The number of nitrogens with two attached hydrogens (primary N) is 1. The molecule has 0 saturated carbocycles. The summed E-state index contributed by atoms with van der Waals surface area (Å²) in [5.41, 5.74) is 8.47. The monoisotopic (exact) mass is 184 g/mol. The number of nitrogen functional groups attached to an aromatic ring is 1. The molecule has 0 heterocycles. The average Bonchev–Trinajstić information content (AvgIpc) is 2.20. The largest absolute Gasteiger partial charge is 0.492 e.